The summed E-state index contributed by atoms with van der Waals surface area (Å²) < 4.78 is 11.6. The highest BCUT2D eigenvalue weighted by atomic mass is 35.5. The van der Waals surface area contributed by atoms with Crippen molar-refractivity contribution in [1.29, 1.82) is 5.26 Å². The van der Waals surface area contributed by atoms with Gasteiger partial charge in [0, 0.05) is 30.2 Å². The van der Waals surface area contributed by atoms with Crippen molar-refractivity contribution in [1.82, 2.24) is 5.32 Å². The molecule has 6 heteroatoms. The fourth-order valence-electron chi connectivity index (χ4n) is 3.78. The van der Waals surface area contributed by atoms with Crippen molar-refractivity contribution >= 4 is 17.5 Å². The molecule has 1 saturated heterocycles. The van der Waals surface area contributed by atoms with Crippen LogP contribution in [0.2, 0.25) is 5.02 Å². The SMILES string of the molecule is CC(C)C(Oc1ccccc1C#N)C(=O)NCC1(c2ccc(Cl)cc2)CCOCC1. The van der Waals surface area contributed by atoms with Gasteiger partial charge in [0.05, 0.1) is 5.56 Å². The smallest absolute Gasteiger partial charge is 0.261 e. The molecular weight excluding hydrogens is 400 g/mol. The van der Waals surface area contributed by atoms with Gasteiger partial charge in [-0.1, -0.05) is 49.7 Å². The maximum Gasteiger partial charge on any atom is 0.261 e. The lowest BCUT2D eigenvalue weighted by Crippen LogP contribution is -2.49. The summed E-state index contributed by atoms with van der Waals surface area (Å²) >= 11 is 6.07. The molecule has 158 valence electrons. The lowest BCUT2D eigenvalue weighted by Gasteiger charge is -2.38. The summed E-state index contributed by atoms with van der Waals surface area (Å²) in [6.45, 7) is 5.66. The van der Waals surface area contributed by atoms with Crippen molar-refractivity contribution in [3.05, 3.63) is 64.7 Å². The van der Waals surface area contributed by atoms with Crippen molar-refractivity contribution in [2.45, 2.75) is 38.2 Å². The van der Waals surface area contributed by atoms with Gasteiger partial charge in [-0.15, -0.1) is 0 Å². The number of amides is 1. The summed E-state index contributed by atoms with van der Waals surface area (Å²) in [6, 6.07) is 16.9. The molecule has 1 heterocycles. The molecule has 0 bridgehead atoms. The molecule has 2 aromatic rings. The minimum atomic E-state index is -0.693. The van der Waals surface area contributed by atoms with Gasteiger partial charge in [0.2, 0.25) is 0 Å². The molecule has 30 heavy (non-hydrogen) atoms. The van der Waals surface area contributed by atoms with Gasteiger partial charge in [0.15, 0.2) is 6.10 Å². The number of hydrogen-bond donors (Lipinski definition) is 1. The Labute approximate surface area is 182 Å². The number of carbonyl (C=O) groups excluding carboxylic acids is 1. The molecule has 1 unspecified atom stereocenters. The fraction of sp³-hybridized carbons (Fsp3) is 0.417. The van der Waals surface area contributed by atoms with Crippen LogP contribution in [0.15, 0.2) is 48.5 Å². The highest BCUT2D eigenvalue weighted by molar-refractivity contribution is 6.30. The number of ether oxygens (including phenoxy) is 2. The van der Waals surface area contributed by atoms with E-state index < -0.39 is 6.10 Å². The predicted molar refractivity (Wildman–Crippen MR) is 117 cm³/mol. The molecule has 5 nitrogen and oxygen atoms in total. The molecule has 1 N–H and O–H groups in total. The third kappa shape index (κ3) is 5.13. The van der Waals surface area contributed by atoms with E-state index in [2.05, 4.69) is 11.4 Å². The van der Waals surface area contributed by atoms with Crippen LogP contribution in [0.1, 0.15) is 37.8 Å². The highest BCUT2D eigenvalue weighted by Gasteiger charge is 2.36. The molecule has 0 spiro atoms. The Bertz CT molecular complexity index is 899. The van der Waals surface area contributed by atoms with E-state index in [1.807, 2.05) is 38.1 Å². The van der Waals surface area contributed by atoms with Crippen LogP contribution in [-0.2, 0) is 14.9 Å². The standard InChI is InChI=1S/C24H27ClN2O3/c1-17(2)22(30-21-6-4-3-5-18(21)15-26)23(28)27-16-24(11-13-29-14-12-24)19-7-9-20(25)10-8-19/h3-10,17,22H,11-14,16H2,1-2H3,(H,27,28). The Balaban J connectivity index is 1.76. The van der Waals surface area contributed by atoms with Gasteiger partial charge >= 0.3 is 0 Å². The van der Waals surface area contributed by atoms with E-state index in [0.717, 1.165) is 18.4 Å². The molecule has 1 aliphatic rings. The van der Waals surface area contributed by atoms with E-state index in [9.17, 15) is 10.1 Å². The predicted octanol–water partition coefficient (Wildman–Crippen LogP) is 4.48. The number of rotatable bonds is 7. The van der Waals surface area contributed by atoms with Crippen molar-refractivity contribution in [2.75, 3.05) is 19.8 Å². The molecule has 1 atom stereocenters. The monoisotopic (exact) mass is 426 g/mol. The largest absolute Gasteiger partial charge is 0.479 e. The molecule has 0 aliphatic carbocycles. The normalized spacial score (nSPS) is 16.5. The van der Waals surface area contributed by atoms with Crippen LogP contribution >= 0.6 is 11.6 Å². The summed E-state index contributed by atoms with van der Waals surface area (Å²) in [5.41, 5.74) is 1.36. The Kier molecular flexibility index (Phi) is 7.36. The number of nitrogens with zero attached hydrogens (tertiary/aromatic N) is 1. The minimum absolute atomic E-state index is 0.0575. The number of hydrogen-bond acceptors (Lipinski definition) is 4. The molecule has 0 aromatic heterocycles. The van der Waals surface area contributed by atoms with Gasteiger partial charge in [0.1, 0.15) is 11.8 Å². The van der Waals surface area contributed by atoms with Crippen LogP contribution in [0.25, 0.3) is 0 Å². The molecule has 1 aliphatic heterocycles. The average molecular weight is 427 g/mol. The van der Waals surface area contributed by atoms with Gasteiger partial charge in [0.25, 0.3) is 5.91 Å². The maximum absolute atomic E-state index is 13.1. The molecule has 1 amide bonds. The Morgan fingerprint density at radius 3 is 2.50 bits per heavy atom. The quantitative estimate of drug-likeness (QED) is 0.708. The first-order valence-electron chi connectivity index (χ1n) is 10.2. The van der Waals surface area contributed by atoms with E-state index in [-0.39, 0.29) is 17.2 Å². The second kappa shape index (κ2) is 9.97. The van der Waals surface area contributed by atoms with Gasteiger partial charge in [-0.3, -0.25) is 4.79 Å². The first-order valence-corrected chi connectivity index (χ1v) is 10.6. The topological polar surface area (TPSA) is 71.3 Å². The van der Waals surface area contributed by atoms with E-state index >= 15 is 0 Å². The van der Waals surface area contributed by atoms with Crippen LogP contribution in [0, 0.1) is 17.2 Å². The van der Waals surface area contributed by atoms with Crippen molar-refractivity contribution in [3.8, 4) is 11.8 Å². The Morgan fingerprint density at radius 1 is 1.20 bits per heavy atom. The summed E-state index contributed by atoms with van der Waals surface area (Å²) in [5, 5.41) is 13.1. The average Bonchev–Trinajstić information content (AvgIpc) is 2.77. The molecule has 0 radical (unpaired) electrons. The fourth-order valence-corrected chi connectivity index (χ4v) is 3.91. The van der Waals surface area contributed by atoms with Gasteiger partial charge in [-0.05, 0) is 48.6 Å². The second-order valence-corrected chi connectivity index (χ2v) is 8.44. The maximum atomic E-state index is 13.1. The Morgan fingerprint density at radius 2 is 1.87 bits per heavy atom. The van der Waals surface area contributed by atoms with Gasteiger partial charge in [-0.2, -0.15) is 5.26 Å². The van der Waals surface area contributed by atoms with Crippen LogP contribution in [0.5, 0.6) is 5.75 Å². The van der Waals surface area contributed by atoms with Crippen LogP contribution in [0.3, 0.4) is 0 Å². The summed E-state index contributed by atoms with van der Waals surface area (Å²) in [4.78, 5) is 13.1. The van der Waals surface area contributed by atoms with Crippen molar-refractivity contribution in [2.24, 2.45) is 5.92 Å². The lowest BCUT2D eigenvalue weighted by molar-refractivity contribution is -0.130. The number of carbonyl (C=O) groups is 1. The van der Waals surface area contributed by atoms with Crippen molar-refractivity contribution < 1.29 is 14.3 Å². The van der Waals surface area contributed by atoms with Crippen LogP contribution in [-0.4, -0.2) is 31.8 Å². The first-order chi connectivity index (χ1) is 14.4. The molecule has 3 rings (SSSR count). The van der Waals surface area contributed by atoms with Gasteiger partial charge < -0.3 is 14.8 Å². The zero-order valence-corrected chi connectivity index (χ0v) is 18.1. The lowest BCUT2D eigenvalue weighted by atomic mass is 9.74. The molecular formula is C24H27ClN2O3. The van der Waals surface area contributed by atoms with Crippen LogP contribution < -0.4 is 10.1 Å². The number of halogens is 1. The molecule has 0 saturated carbocycles. The third-order valence-electron chi connectivity index (χ3n) is 5.63. The number of nitriles is 1. The van der Waals surface area contributed by atoms with E-state index in [4.69, 9.17) is 21.1 Å². The summed E-state index contributed by atoms with van der Waals surface area (Å²) in [6.07, 6.45) is 0.945. The van der Waals surface area contributed by atoms with E-state index in [1.165, 1.54) is 0 Å². The van der Waals surface area contributed by atoms with Crippen LogP contribution in [0.4, 0.5) is 0 Å². The van der Waals surface area contributed by atoms with E-state index in [0.29, 0.717) is 36.1 Å². The second-order valence-electron chi connectivity index (χ2n) is 8.01. The minimum Gasteiger partial charge on any atom is -0.479 e. The Hall–Kier alpha value is -2.55. The number of nitrogens with one attached hydrogen (secondary N) is 1. The highest BCUT2D eigenvalue weighted by Crippen LogP contribution is 2.35. The zero-order valence-electron chi connectivity index (χ0n) is 17.4. The number of para-hydroxylation sites is 1. The molecule has 2 aromatic carbocycles. The molecule has 1 fully saturated rings. The summed E-state index contributed by atoms with van der Waals surface area (Å²) in [5.74, 6) is 0.183. The third-order valence-corrected chi connectivity index (χ3v) is 5.88. The first kappa shape index (κ1) is 22.1. The number of benzene rings is 2. The van der Waals surface area contributed by atoms with Crippen molar-refractivity contribution in [3.63, 3.8) is 0 Å². The van der Waals surface area contributed by atoms with E-state index in [1.54, 1.807) is 24.3 Å². The summed E-state index contributed by atoms with van der Waals surface area (Å²) in [7, 11) is 0. The van der Waals surface area contributed by atoms with Gasteiger partial charge in [-0.25, -0.2) is 0 Å². The zero-order chi connectivity index (χ0) is 21.6.